The van der Waals surface area contributed by atoms with E-state index in [1.807, 2.05) is 0 Å². The van der Waals surface area contributed by atoms with Crippen LogP contribution in [0.4, 0.5) is 0 Å². The lowest BCUT2D eigenvalue weighted by Gasteiger charge is -2.07. The monoisotopic (exact) mass is 329 g/mol. The van der Waals surface area contributed by atoms with Gasteiger partial charge in [0.1, 0.15) is 0 Å². The molecule has 1 rings (SSSR count). The van der Waals surface area contributed by atoms with E-state index < -0.39 is 20.8 Å². The molecule has 0 bridgehead atoms. The number of sulfonamides is 1. The Balaban J connectivity index is 2.87. The van der Waals surface area contributed by atoms with Gasteiger partial charge in [-0.15, -0.1) is 0 Å². The van der Waals surface area contributed by atoms with Gasteiger partial charge in [-0.2, -0.15) is 0 Å². The number of aryl methyl sites for hydroxylation is 1. The molecule has 0 aliphatic heterocycles. The predicted molar refractivity (Wildman–Crippen MR) is 83.9 cm³/mol. The quantitative estimate of drug-likeness (QED) is 0.740. The highest BCUT2D eigenvalue weighted by atomic mass is 32.2. The Morgan fingerprint density at radius 2 is 2.10 bits per heavy atom. The molecule has 1 atom stereocenters. The van der Waals surface area contributed by atoms with Crippen LogP contribution in [0.1, 0.15) is 17.5 Å². The van der Waals surface area contributed by atoms with Gasteiger partial charge in [0, 0.05) is 41.3 Å². The molecule has 0 heterocycles. The van der Waals surface area contributed by atoms with Gasteiger partial charge in [0.15, 0.2) is 0 Å². The minimum absolute atomic E-state index is 0.00122. The summed E-state index contributed by atoms with van der Waals surface area (Å²) in [6.07, 6.45) is 1.91. The highest BCUT2D eigenvalue weighted by Gasteiger charge is 2.14. The molecule has 0 aliphatic rings. The molecule has 1 aromatic carbocycles. The summed E-state index contributed by atoms with van der Waals surface area (Å²) in [4.78, 5) is 0.162. The van der Waals surface area contributed by atoms with E-state index in [2.05, 4.69) is 16.6 Å². The molecule has 1 unspecified atom stereocenters. The molecule has 0 spiro atoms. The maximum absolute atomic E-state index is 12.1. The molecule has 0 fully saturated rings. The zero-order valence-electron chi connectivity index (χ0n) is 12.0. The minimum Gasteiger partial charge on any atom is -0.395 e. The first kappa shape index (κ1) is 17.9. The number of hydrogen-bond acceptors (Lipinski definition) is 4. The van der Waals surface area contributed by atoms with Crippen molar-refractivity contribution in [2.45, 2.75) is 18.2 Å². The Hall–Kier alpha value is -1.20. The highest BCUT2D eigenvalue weighted by molar-refractivity contribution is 7.89. The van der Waals surface area contributed by atoms with Crippen LogP contribution in [0.2, 0.25) is 0 Å². The second kappa shape index (κ2) is 8.29. The second-order valence-electron chi connectivity index (χ2n) is 4.43. The molecular formula is C14H19NO4S2. The molecule has 2 N–H and O–H groups in total. The molecular weight excluding hydrogens is 310 g/mol. The summed E-state index contributed by atoms with van der Waals surface area (Å²) < 4.78 is 37.5. The van der Waals surface area contributed by atoms with Crippen LogP contribution in [-0.4, -0.2) is 42.9 Å². The minimum atomic E-state index is -3.59. The Bertz CT molecular complexity index is 672. The smallest absolute Gasteiger partial charge is 0.240 e. The van der Waals surface area contributed by atoms with Crippen molar-refractivity contribution in [3.05, 3.63) is 29.3 Å². The van der Waals surface area contributed by atoms with Crippen molar-refractivity contribution in [2.75, 3.05) is 25.2 Å². The van der Waals surface area contributed by atoms with Crippen LogP contribution < -0.4 is 4.72 Å². The topological polar surface area (TPSA) is 83.5 Å². The van der Waals surface area contributed by atoms with Crippen molar-refractivity contribution in [3.63, 3.8) is 0 Å². The van der Waals surface area contributed by atoms with Crippen molar-refractivity contribution in [1.29, 1.82) is 0 Å². The molecule has 0 aromatic heterocycles. The van der Waals surface area contributed by atoms with E-state index >= 15 is 0 Å². The third-order valence-corrected chi connectivity index (χ3v) is 4.89. The normalized spacial score (nSPS) is 12.5. The van der Waals surface area contributed by atoms with E-state index in [0.29, 0.717) is 6.42 Å². The van der Waals surface area contributed by atoms with E-state index in [9.17, 15) is 12.6 Å². The van der Waals surface area contributed by atoms with Gasteiger partial charge in [-0.3, -0.25) is 4.21 Å². The lowest BCUT2D eigenvalue weighted by molar-refractivity contribution is 0.305. The Morgan fingerprint density at radius 1 is 1.38 bits per heavy atom. The first-order chi connectivity index (χ1) is 9.86. The Morgan fingerprint density at radius 3 is 2.67 bits per heavy atom. The van der Waals surface area contributed by atoms with Gasteiger partial charge in [-0.1, -0.05) is 11.8 Å². The van der Waals surface area contributed by atoms with Gasteiger partial charge in [-0.05, 0) is 30.7 Å². The first-order valence-electron chi connectivity index (χ1n) is 6.37. The SMILES string of the molecule is Cc1cc(S(=O)(=O)NCCS(C)=O)ccc1C#CCCO. The summed E-state index contributed by atoms with van der Waals surface area (Å²) in [6, 6.07) is 4.68. The van der Waals surface area contributed by atoms with Crippen LogP contribution in [0.3, 0.4) is 0 Å². The lowest BCUT2D eigenvalue weighted by Crippen LogP contribution is -2.27. The van der Waals surface area contributed by atoms with Crippen LogP contribution in [0, 0.1) is 18.8 Å². The molecule has 5 nitrogen and oxygen atoms in total. The van der Waals surface area contributed by atoms with Gasteiger partial charge in [0.05, 0.1) is 11.5 Å². The summed E-state index contributed by atoms with van der Waals surface area (Å²) in [5.41, 5.74) is 1.49. The van der Waals surface area contributed by atoms with Crippen LogP contribution >= 0.6 is 0 Å². The van der Waals surface area contributed by atoms with Gasteiger partial charge in [0.2, 0.25) is 10.0 Å². The van der Waals surface area contributed by atoms with Crippen LogP contribution in [0.5, 0.6) is 0 Å². The first-order valence-corrected chi connectivity index (χ1v) is 9.58. The largest absolute Gasteiger partial charge is 0.395 e. The third kappa shape index (κ3) is 5.98. The molecule has 0 radical (unpaired) electrons. The van der Waals surface area contributed by atoms with Crippen LogP contribution in [0.15, 0.2) is 23.1 Å². The fourth-order valence-electron chi connectivity index (χ4n) is 1.56. The Kier molecular flexibility index (Phi) is 7.05. The summed E-state index contributed by atoms with van der Waals surface area (Å²) in [7, 11) is -4.63. The van der Waals surface area contributed by atoms with Crippen molar-refractivity contribution in [1.82, 2.24) is 4.72 Å². The summed E-state index contributed by atoms with van der Waals surface area (Å²) in [5, 5.41) is 8.67. The van der Waals surface area contributed by atoms with Gasteiger partial charge >= 0.3 is 0 Å². The number of aliphatic hydroxyl groups excluding tert-OH is 1. The molecule has 1 aromatic rings. The number of aliphatic hydroxyl groups is 1. The number of rotatable bonds is 6. The van der Waals surface area contributed by atoms with Crippen molar-refractivity contribution in [3.8, 4) is 11.8 Å². The predicted octanol–water partition coefficient (Wildman–Crippen LogP) is 0.386. The maximum atomic E-state index is 12.1. The average molecular weight is 329 g/mol. The van der Waals surface area contributed by atoms with Crippen LogP contribution in [-0.2, 0) is 20.8 Å². The average Bonchev–Trinajstić information content (AvgIpc) is 2.40. The number of hydrogen-bond donors (Lipinski definition) is 2. The van der Waals surface area contributed by atoms with E-state index in [0.717, 1.165) is 11.1 Å². The molecule has 0 saturated carbocycles. The summed E-state index contributed by atoms with van der Waals surface area (Å²) in [6.45, 7) is 1.92. The maximum Gasteiger partial charge on any atom is 0.240 e. The van der Waals surface area contributed by atoms with Crippen LogP contribution in [0.25, 0.3) is 0 Å². The lowest BCUT2D eigenvalue weighted by atomic mass is 10.1. The van der Waals surface area contributed by atoms with Crippen molar-refractivity contribution >= 4 is 20.8 Å². The fraction of sp³-hybridized carbons (Fsp3) is 0.429. The van der Waals surface area contributed by atoms with E-state index in [1.165, 1.54) is 12.3 Å². The molecule has 0 amide bonds. The number of nitrogens with one attached hydrogen (secondary N) is 1. The van der Waals surface area contributed by atoms with E-state index in [-0.39, 0.29) is 23.8 Å². The van der Waals surface area contributed by atoms with Crippen molar-refractivity contribution in [2.24, 2.45) is 0 Å². The van der Waals surface area contributed by atoms with Gasteiger partial charge in [0.25, 0.3) is 0 Å². The molecule has 116 valence electrons. The Labute approximate surface area is 128 Å². The highest BCUT2D eigenvalue weighted by Crippen LogP contribution is 2.14. The molecule has 7 heteroatoms. The number of benzene rings is 1. The van der Waals surface area contributed by atoms with E-state index in [1.54, 1.807) is 19.1 Å². The zero-order valence-corrected chi connectivity index (χ0v) is 13.7. The fourth-order valence-corrected chi connectivity index (χ4v) is 3.20. The molecule has 0 aliphatic carbocycles. The standard InChI is InChI=1S/C14H19NO4S2/c1-12-11-14(7-6-13(12)5-3-4-9-16)21(18,19)15-8-10-20(2)17/h6-7,11,15-16H,4,8-10H2,1-2H3. The van der Waals surface area contributed by atoms with Crippen molar-refractivity contribution < 1.29 is 17.7 Å². The summed E-state index contributed by atoms with van der Waals surface area (Å²) >= 11 is 0. The van der Waals surface area contributed by atoms with Gasteiger partial charge in [-0.25, -0.2) is 13.1 Å². The summed E-state index contributed by atoms with van der Waals surface area (Å²) in [5.74, 6) is 5.96. The molecule has 0 saturated heterocycles. The second-order valence-corrected chi connectivity index (χ2v) is 7.75. The molecule has 21 heavy (non-hydrogen) atoms. The zero-order chi connectivity index (χ0) is 15.9. The van der Waals surface area contributed by atoms with Gasteiger partial charge < -0.3 is 5.11 Å². The van der Waals surface area contributed by atoms with E-state index in [4.69, 9.17) is 5.11 Å². The third-order valence-electron chi connectivity index (χ3n) is 2.65.